The van der Waals surface area contributed by atoms with Crippen molar-refractivity contribution in [3.8, 4) is 11.5 Å². The molecule has 112 valence electrons. The molecule has 0 bridgehead atoms. The summed E-state index contributed by atoms with van der Waals surface area (Å²) in [5.41, 5.74) is 6.05. The van der Waals surface area contributed by atoms with Crippen LogP contribution < -0.4 is 5.73 Å². The zero-order chi connectivity index (χ0) is 15.2. The quantitative estimate of drug-likeness (QED) is 0.471. The molecule has 1 atom stereocenters. The molecule has 0 saturated carbocycles. The van der Waals surface area contributed by atoms with E-state index < -0.39 is 11.0 Å². The number of hydrogen-bond donors (Lipinski definition) is 1. The van der Waals surface area contributed by atoms with Crippen molar-refractivity contribution in [2.24, 2.45) is 5.73 Å². The molecule has 0 aliphatic rings. The van der Waals surface area contributed by atoms with Crippen molar-refractivity contribution in [3.05, 3.63) is 40.2 Å². The van der Waals surface area contributed by atoms with Crippen LogP contribution in [0.3, 0.4) is 0 Å². The summed E-state index contributed by atoms with van der Waals surface area (Å²) in [4.78, 5) is 14.6. The third-order valence-electron chi connectivity index (χ3n) is 2.75. The molecule has 0 amide bonds. The van der Waals surface area contributed by atoms with Crippen molar-refractivity contribution in [1.29, 1.82) is 0 Å². The van der Waals surface area contributed by atoms with Gasteiger partial charge in [-0.25, -0.2) is 0 Å². The van der Waals surface area contributed by atoms with E-state index in [1.807, 2.05) is 6.92 Å². The molecule has 2 aromatic rings. The van der Waals surface area contributed by atoms with Crippen LogP contribution in [0.5, 0.6) is 0 Å². The van der Waals surface area contributed by atoms with Gasteiger partial charge in [0.1, 0.15) is 5.56 Å². The Bertz CT molecular complexity index is 614. The van der Waals surface area contributed by atoms with Gasteiger partial charge in [-0.15, -0.1) is 0 Å². The van der Waals surface area contributed by atoms with E-state index in [1.165, 1.54) is 6.07 Å². The number of benzene rings is 1. The van der Waals surface area contributed by atoms with Gasteiger partial charge in [-0.2, -0.15) is 4.98 Å². The number of nitrogens with two attached hydrogens (primary N) is 1. The zero-order valence-corrected chi connectivity index (χ0v) is 11.6. The maximum atomic E-state index is 11.0. The molecule has 0 aliphatic heterocycles. The van der Waals surface area contributed by atoms with E-state index in [0.29, 0.717) is 6.61 Å². The highest BCUT2D eigenvalue weighted by Gasteiger charge is 2.21. The van der Waals surface area contributed by atoms with Gasteiger partial charge in [-0.05, 0) is 12.5 Å². The Balaban J connectivity index is 2.18. The Hall–Kier alpha value is -2.32. The molecule has 0 radical (unpaired) electrons. The van der Waals surface area contributed by atoms with Crippen LogP contribution in [0.2, 0.25) is 0 Å². The topological polar surface area (TPSA) is 117 Å². The van der Waals surface area contributed by atoms with Crippen LogP contribution in [-0.4, -0.2) is 28.3 Å². The summed E-state index contributed by atoms with van der Waals surface area (Å²) in [5, 5.41) is 14.7. The minimum atomic E-state index is -0.531. The highest BCUT2D eigenvalue weighted by Crippen LogP contribution is 2.28. The van der Waals surface area contributed by atoms with Gasteiger partial charge in [0.05, 0.1) is 17.6 Å². The number of nitro benzene ring substituents is 1. The normalized spacial score (nSPS) is 12.3. The molecule has 0 saturated heterocycles. The summed E-state index contributed by atoms with van der Waals surface area (Å²) < 4.78 is 10.4. The van der Waals surface area contributed by atoms with E-state index in [0.717, 1.165) is 6.42 Å². The summed E-state index contributed by atoms with van der Waals surface area (Å²) >= 11 is 0. The summed E-state index contributed by atoms with van der Waals surface area (Å²) in [7, 11) is 0. The standard InChI is InChI=1S/C13H16N4O4/c1-2-7-20-8-10(14)12-15-13(21-16-12)9-5-3-4-6-11(9)17(18)19/h3-6,10H,2,7-8,14H2,1H3. The first kappa shape index (κ1) is 15.1. The molecule has 1 heterocycles. The van der Waals surface area contributed by atoms with Crippen molar-refractivity contribution in [3.63, 3.8) is 0 Å². The highest BCUT2D eigenvalue weighted by atomic mass is 16.6. The Morgan fingerprint density at radius 3 is 2.95 bits per heavy atom. The van der Waals surface area contributed by atoms with E-state index in [-0.39, 0.29) is 29.6 Å². The fraction of sp³-hybridized carbons (Fsp3) is 0.385. The largest absolute Gasteiger partial charge is 0.379 e. The molecular formula is C13H16N4O4. The summed E-state index contributed by atoms with van der Waals surface area (Å²) in [6, 6.07) is 5.63. The Labute approximate surface area is 121 Å². The Morgan fingerprint density at radius 1 is 1.48 bits per heavy atom. The molecule has 2 rings (SSSR count). The molecule has 0 spiro atoms. The minimum Gasteiger partial charge on any atom is -0.379 e. The first-order valence-corrected chi connectivity index (χ1v) is 6.54. The SMILES string of the molecule is CCCOCC(N)c1noc(-c2ccccc2[N+](=O)[O-])n1. The monoisotopic (exact) mass is 292 g/mol. The minimum absolute atomic E-state index is 0.0724. The first-order chi connectivity index (χ1) is 10.1. The number of nitro groups is 1. The van der Waals surface area contributed by atoms with Crippen LogP contribution >= 0.6 is 0 Å². The molecule has 0 fully saturated rings. The van der Waals surface area contributed by atoms with Crippen LogP contribution in [0.4, 0.5) is 5.69 Å². The van der Waals surface area contributed by atoms with Crippen molar-refractivity contribution in [2.45, 2.75) is 19.4 Å². The second-order valence-corrected chi connectivity index (χ2v) is 4.41. The zero-order valence-electron chi connectivity index (χ0n) is 11.6. The van der Waals surface area contributed by atoms with E-state index in [4.69, 9.17) is 15.0 Å². The Kier molecular flexibility index (Phi) is 4.96. The molecule has 21 heavy (non-hydrogen) atoms. The average molecular weight is 292 g/mol. The molecule has 8 nitrogen and oxygen atoms in total. The van der Waals surface area contributed by atoms with Gasteiger partial charge in [-0.1, -0.05) is 24.2 Å². The van der Waals surface area contributed by atoms with Crippen LogP contribution in [0.15, 0.2) is 28.8 Å². The van der Waals surface area contributed by atoms with E-state index in [9.17, 15) is 10.1 Å². The smallest absolute Gasteiger partial charge is 0.282 e. The number of hydrogen-bond acceptors (Lipinski definition) is 7. The van der Waals surface area contributed by atoms with Crippen molar-refractivity contribution >= 4 is 5.69 Å². The molecule has 0 aliphatic carbocycles. The maximum absolute atomic E-state index is 11.0. The predicted molar refractivity (Wildman–Crippen MR) is 74.4 cm³/mol. The number of nitrogens with zero attached hydrogens (tertiary/aromatic N) is 3. The van der Waals surface area contributed by atoms with Gasteiger partial charge in [0, 0.05) is 12.7 Å². The average Bonchev–Trinajstić information content (AvgIpc) is 2.97. The summed E-state index contributed by atoms with van der Waals surface area (Å²) in [5.74, 6) is 0.336. The first-order valence-electron chi connectivity index (χ1n) is 6.54. The number of rotatable bonds is 7. The third-order valence-corrected chi connectivity index (χ3v) is 2.75. The highest BCUT2D eigenvalue weighted by molar-refractivity contribution is 5.66. The van der Waals surface area contributed by atoms with Crippen LogP contribution in [0.25, 0.3) is 11.5 Å². The second kappa shape index (κ2) is 6.91. The summed E-state index contributed by atoms with van der Waals surface area (Å²) in [6.45, 7) is 2.86. The van der Waals surface area contributed by atoms with E-state index in [1.54, 1.807) is 18.2 Å². The second-order valence-electron chi connectivity index (χ2n) is 4.41. The van der Waals surface area contributed by atoms with Gasteiger partial charge in [0.15, 0.2) is 5.82 Å². The van der Waals surface area contributed by atoms with Gasteiger partial charge in [0.25, 0.3) is 11.6 Å². The fourth-order valence-corrected chi connectivity index (χ4v) is 1.74. The molecule has 1 aromatic carbocycles. The molecule has 1 unspecified atom stereocenters. The van der Waals surface area contributed by atoms with Crippen LogP contribution in [0, 0.1) is 10.1 Å². The van der Waals surface area contributed by atoms with Gasteiger partial charge in [-0.3, -0.25) is 10.1 Å². The van der Waals surface area contributed by atoms with Crippen LogP contribution in [-0.2, 0) is 4.74 Å². The van der Waals surface area contributed by atoms with E-state index >= 15 is 0 Å². The van der Waals surface area contributed by atoms with E-state index in [2.05, 4.69) is 10.1 Å². The van der Waals surface area contributed by atoms with Gasteiger partial charge >= 0.3 is 0 Å². The number of para-hydroxylation sites is 1. The predicted octanol–water partition coefficient (Wildman–Crippen LogP) is 2.07. The van der Waals surface area contributed by atoms with Gasteiger partial charge in [0.2, 0.25) is 0 Å². The lowest BCUT2D eigenvalue weighted by Gasteiger charge is -2.06. The third kappa shape index (κ3) is 3.61. The van der Waals surface area contributed by atoms with Crippen molar-refractivity contribution in [2.75, 3.05) is 13.2 Å². The lowest BCUT2D eigenvalue weighted by atomic mass is 10.2. The van der Waals surface area contributed by atoms with Gasteiger partial charge < -0.3 is 15.0 Å². The van der Waals surface area contributed by atoms with Crippen LogP contribution in [0.1, 0.15) is 25.2 Å². The number of aromatic nitrogens is 2. The number of ether oxygens (including phenoxy) is 1. The molecular weight excluding hydrogens is 276 g/mol. The maximum Gasteiger partial charge on any atom is 0.282 e. The van der Waals surface area contributed by atoms with Crippen molar-refractivity contribution < 1.29 is 14.2 Å². The molecule has 2 N–H and O–H groups in total. The Morgan fingerprint density at radius 2 is 2.24 bits per heavy atom. The molecule has 8 heteroatoms. The lowest BCUT2D eigenvalue weighted by Crippen LogP contribution is -2.18. The lowest BCUT2D eigenvalue weighted by molar-refractivity contribution is -0.384. The summed E-state index contributed by atoms with van der Waals surface area (Å²) in [6.07, 6.45) is 0.889. The molecule has 1 aromatic heterocycles. The van der Waals surface area contributed by atoms with Crippen molar-refractivity contribution in [1.82, 2.24) is 10.1 Å². The fourth-order valence-electron chi connectivity index (χ4n) is 1.74.